The number of nitrogens with zero attached hydrogens (tertiary/aromatic N) is 2. The van der Waals surface area contributed by atoms with Crippen LogP contribution in [0.2, 0.25) is 0 Å². The molecule has 0 aliphatic carbocycles. The second kappa shape index (κ2) is 11.2. The predicted octanol–water partition coefficient (Wildman–Crippen LogP) is 2.18. The van der Waals surface area contributed by atoms with Gasteiger partial charge in [0, 0.05) is 18.9 Å². The molecule has 0 bridgehead atoms. The van der Waals surface area contributed by atoms with Crippen molar-refractivity contribution in [3.63, 3.8) is 0 Å². The van der Waals surface area contributed by atoms with Gasteiger partial charge in [0.25, 0.3) is 0 Å². The summed E-state index contributed by atoms with van der Waals surface area (Å²) in [6.45, 7) is 11.5. The number of quaternary nitrogens is 2. The maximum Gasteiger partial charge on any atom is 0.330 e. The molecule has 24 heavy (non-hydrogen) atoms. The minimum absolute atomic E-state index is 0.135. The van der Waals surface area contributed by atoms with Gasteiger partial charge in [0.1, 0.15) is 13.1 Å². The Bertz CT molecular complexity index is 388. The van der Waals surface area contributed by atoms with Gasteiger partial charge in [0.15, 0.2) is 5.78 Å². The number of carbonyl (C=O) groups excluding carboxylic acids is 2. The van der Waals surface area contributed by atoms with Crippen LogP contribution in [0, 0.1) is 0 Å². The highest BCUT2D eigenvalue weighted by molar-refractivity contribution is 5.88. The summed E-state index contributed by atoms with van der Waals surface area (Å²) in [4.78, 5) is 22.2. The minimum atomic E-state index is -0.354. The van der Waals surface area contributed by atoms with Crippen LogP contribution < -0.4 is 0 Å². The van der Waals surface area contributed by atoms with Crippen molar-refractivity contribution in [2.45, 2.75) is 25.7 Å². The van der Waals surface area contributed by atoms with E-state index in [2.05, 4.69) is 41.3 Å². The molecule has 0 aliphatic heterocycles. The van der Waals surface area contributed by atoms with Crippen molar-refractivity contribution in [1.29, 1.82) is 0 Å². The smallest absolute Gasteiger partial charge is 0.330 e. The average Bonchev–Trinajstić information content (AvgIpc) is 2.53. The fourth-order valence-corrected chi connectivity index (χ4v) is 2.43. The molecule has 0 atom stereocenters. The molecule has 0 radical (unpaired) electrons. The number of hydrogen-bond donors (Lipinski definition) is 0. The summed E-state index contributed by atoms with van der Waals surface area (Å²) in [7, 11) is 8.89. The Hall–Kier alpha value is -1.46. The van der Waals surface area contributed by atoms with E-state index in [0.717, 1.165) is 54.4 Å². The molecule has 0 rings (SSSR count). The number of ether oxygens (including phenoxy) is 1. The predicted molar refractivity (Wildman–Crippen MR) is 98.5 cm³/mol. The summed E-state index contributed by atoms with van der Waals surface area (Å²) in [5.41, 5.74) is 0. The van der Waals surface area contributed by atoms with Crippen LogP contribution in [0.3, 0.4) is 0 Å². The van der Waals surface area contributed by atoms with Gasteiger partial charge in [-0.15, -0.1) is 0 Å². The molecule has 0 saturated heterocycles. The number of esters is 1. The van der Waals surface area contributed by atoms with E-state index in [0.29, 0.717) is 13.0 Å². The molecule has 0 aromatic heterocycles. The average molecular weight is 341 g/mol. The first kappa shape index (κ1) is 22.5. The third kappa shape index (κ3) is 12.0. The van der Waals surface area contributed by atoms with E-state index < -0.39 is 0 Å². The van der Waals surface area contributed by atoms with Crippen molar-refractivity contribution in [3.8, 4) is 0 Å². The summed E-state index contributed by atoms with van der Waals surface area (Å²) in [6, 6.07) is 0. The molecule has 0 aromatic carbocycles. The van der Waals surface area contributed by atoms with Gasteiger partial charge in [0.2, 0.25) is 0 Å². The summed E-state index contributed by atoms with van der Waals surface area (Å²) < 4.78 is 6.88. The van der Waals surface area contributed by atoms with E-state index in [9.17, 15) is 9.59 Å². The van der Waals surface area contributed by atoms with Crippen molar-refractivity contribution < 1.29 is 23.3 Å². The van der Waals surface area contributed by atoms with Gasteiger partial charge in [-0.2, -0.15) is 0 Å². The molecule has 0 amide bonds. The number of likely N-dealkylation sites (N-methyl/N-ethyl adjacent to an activating group) is 2. The maximum atomic E-state index is 11.2. The summed E-state index contributed by atoms with van der Waals surface area (Å²) >= 11 is 0. The number of unbranched alkanes of at least 4 members (excludes halogenated alkanes) is 1. The number of allylic oxidation sites excluding steroid dienone is 1. The van der Waals surface area contributed by atoms with Crippen LogP contribution >= 0.6 is 0 Å². The van der Waals surface area contributed by atoms with Crippen molar-refractivity contribution in [2.24, 2.45) is 0 Å². The zero-order chi connectivity index (χ0) is 18.6. The van der Waals surface area contributed by atoms with Gasteiger partial charge in [-0.05, 0) is 18.9 Å². The van der Waals surface area contributed by atoms with Crippen LogP contribution in [0.25, 0.3) is 0 Å². The van der Waals surface area contributed by atoms with Gasteiger partial charge in [0.05, 0.1) is 47.9 Å². The second-order valence-corrected chi connectivity index (χ2v) is 7.62. The normalized spacial score (nSPS) is 11.8. The van der Waals surface area contributed by atoms with Crippen molar-refractivity contribution in [3.05, 3.63) is 25.3 Å². The molecule has 0 spiro atoms. The van der Waals surface area contributed by atoms with E-state index in [1.807, 2.05) is 0 Å². The first-order valence-electron chi connectivity index (χ1n) is 8.70. The molecule has 138 valence electrons. The summed E-state index contributed by atoms with van der Waals surface area (Å²) in [6.07, 6.45) is 6.05. The van der Waals surface area contributed by atoms with Gasteiger partial charge in [-0.3, -0.25) is 4.79 Å². The van der Waals surface area contributed by atoms with Crippen molar-refractivity contribution in [2.75, 3.05) is 61.0 Å². The molecule has 0 fully saturated rings. The highest BCUT2D eigenvalue weighted by Crippen LogP contribution is 2.08. The molecule has 0 N–H and O–H groups in total. The quantitative estimate of drug-likeness (QED) is 0.211. The molecular formula is C19H36N2O3+2. The van der Waals surface area contributed by atoms with Crippen LogP contribution in [-0.2, 0) is 14.3 Å². The fraction of sp³-hybridized carbons (Fsp3) is 0.684. The Morgan fingerprint density at radius 3 is 1.88 bits per heavy atom. The standard InChI is InChI=1S/C19H36N2O3/c1-7-18(22)12-9-10-13-20(3,4)15-16-21(5,6)14-11-17-24-19(23)8-2/h7-8H,1-2,9-17H2,3-6H3/q+2. The maximum absolute atomic E-state index is 11.2. The third-order valence-corrected chi connectivity index (χ3v) is 4.29. The van der Waals surface area contributed by atoms with Crippen LogP contribution in [0.1, 0.15) is 25.7 Å². The number of carbonyl (C=O) groups is 2. The minimum Gasteiger partial charge on any atom is -0.462 e. The van der Waals surface area contributed by atoms with E-state index in [4.69, 9.17) is 4.74 Å². The van der Waals surface area contributed by atoms with Crippen LogP contribution in [0.5, 0.6) is 0 Å². The Morgan fingerprint density at radius 2 is 1.38 bits per heavy atom. The van der Waals surface area contributed by atoms with Gasteiger partial charge >= 0.3 is 5.97 Å². The lowest BCUT2D eigenvalue weighted by molar-refractivity contribution is -0.946. The second-order valence-electron chi connectivity index (χ2n) is 7.62. The van der Waals surface area contributed by atoms with E-state index >= 15 is 0 Å². The third-order valence-electron chi connectivity index (χ3n) is 4.29. The molecule has 0 unspecified atom stereocenters. The summed E-state index contributed by atoms with van der Waals surface area (Å²) in [5, 5.41) is 0. The molecule has 0 aliphatic rings. The summed E-state index contributed by atoms with van der Waals surface area (Å²) in [5.74, 6) is -0.219. The van der Waals surface area contributed by atoms with Crippen LogP contribution in [0.4, 0.5) is 0 Å². The van der Waals surface area contributed by atoms with Crippen LogP contribution in [0.15, 0.2) is 25.3 Å². The fourth-order valence-electron chi connectivity index (χ4n) is 2.43. The molecule has 5 heteroatoms. The largest absolute Gasteiger partial charge is 0.462 e. The lowest BCUT2D eigenvalue weighted by Crippen LogP contribution is -2.51. The van der Waals surface area contributed by atoms with Crippen molar-refractivity contribution in [1.82, 2.24) is 0 Å². The van der Waals surface area contributed by atoms with Gasteiger partial charge in [-0.25, -0.2) is 4.79 Å². The van der Waals surface area contributed by atoms with E-state index in [1.165, 1.54) is 12.2 Å². The lowest BCUT2D eigenvalue weighted by Gasteiger charge is -2.35. The Kier molecular flexibility index (Phi) is 10.5. The first-order valence-corrected chi connectivity index (χ1v) is 8.70. The zero-order valence-electron chi connectivity index (χ0n) is 16.1. The van der Waals surface area contributed by atoms with Crippen molar-refractivity contribution >= 4 is 11.8 Å². The highest BCUT2D eigenvalue weighted by atomic mass is 16.5. The lowest BCUT2D eigenvalue weighted by atomic mass is 10.1. The monoisotopic (exact) mass is 340 g/mol. The molecule has 0 heterocycles. The van der Waals surface area contributed by atoms with E-state index in [1.54, 1.807) is 0 Å². The van der Waals surface area contributed by atoms with Crippen LogP contribution in [-0.4, -0.2) is 81.7 Å². The number of ketones is 1. The first-order chi connectivity index (χ1) is 11.1. The van der Waals surface area contributed by atoms with Gasteiger partial charge < -0.3 is 13.7 Å². The molecule has 0 saturated carbocycles. The number of rotatable bonds is 14. The zero-order valence-corrected chi connectivity index (χ0v) is 16.1. The molecular weight excluding hydrogens is 304 g/mol. The SMILES string of the molecule is C=CC(=O)CCCC[N+](C)(C)CC[N+](C)(C)CCCOC(=O)C=C. The molecule has 5 nitrogen and oxygen atoms in total. The Morgan fingerprint density at radius 1 is 0.833 bits per heavy atom. The Labute approximate surface area is 147 Å². The highest BCUT2D eigenvalue weighted by Gasteiger charge is 2.22. The van der Waals surface area contributed by atoms with Gasteiger partial charge in [-0.1, -0.05) is 13.2 Å². The van der Waals surface area contributed by atoms with E-state index in [-0.39, 0.29) is 11.8 Å². The molecule has 0 aromatic rings. The number of hydrogen-bond acceptors (Lipinski definition) is 3. The Balaban J connectivity index is 3.99. The topological polar surface area (TPSA) is 43.4 Å².